The van der Waals surface area contributed by atoms with Gasteiger partial charge in [-0.25, -0.2) is 0 Å². The van der Waals surface area contributed by atoms with Crippen LogP contribution in [-0.2, 0) is 10.8 Å². The Morgan fingerprint density at radius 1 is 0.426 bits per heavy atom. The van der Waals surface area contributed by atoms with E-state index in [1.54, 1.807) is 0 Å². The lowest BCUT2D eigenvalue weighted by Gasteiger charge is -2.42. The second kappa shape index (κ2) is 9.17. The molecule has 0 aliphatic heterocycles. The molecule has 3 heteroatoms. The zero-order valence-electron chi connectivity index (χ0n) is 27.3. The Morgan fingerprint density at radius 3 is 1.79 bits per heavy atom. The smallest absolute Gasteiger partial charge is 0.137 e. The average molecular weight is 609 g/mol. The number of benzene rings is 6. The maximum absolute atomic E-state index is 6.44. The minimum absolute atomic E-state index is 0.105. The highest BCUT2D eigenvalue weighted by Gasteiger charge is 2.38. The van der Waals surface area contributed by atoms with Gasteiger partial charge in [0.25, 0.3) is 0 Å². The predicted octanol–water partition coefficient (Wildman–Crippen LogP) is 12.1. The van der Waals surface area contributed by atoms with Crippen molar-refractivity contribution in [1.29, 1.82) is 0 Å². The van der Waals surface area contributed by atoms with Gasteiger partial charge in [-0.3, -0.25) is 0 Å². The lowest BCUT2D eigenvalue weighted by molar-refractivity contribution is 0.332. The van der Waals surface area contributed by atoms with Gasteiger partial charge in [-0.1, -0.05) is 82.3 Å². The molecule has 0 saturated heterocycles. The summed E-state index contributed by atoms with van der Waals surface area (Å²) in [5.74, 6) is 0. The summed E-state index contributed by atoms with van der Waals surface area (Å²) in [4.78, 5) is 0. The van der Waals surface area contributed by atoms with Gasteiger partial charge in [0.15, 0.2) is 0 Å². The monoisotopic (exact) mass is 608 g/mol. The van der Waals surface area contributed by atoms with Crippen LogP contribution in [0, 0.1) is 0 Å². The van der Waals surface area contributed by atoms with E-state index in [9.17, 15) is 0 Å². The zero-order valence-corrected chi connectivity index (χ0v) is 27.3. The Labute approximate surface area is 273 Å². The fourth-order valence-electron chi connectivity index (χ4n) is 8.52. The number of furan rings is 1. The molecule has 0 spiro atoms. The first-order chi connectivity index (χ1) is 22.8. The minimum Gasteiger partial charge on any atom is -0.456 e. The number of fused-ring (bicyclic) bond motifs is 10. The third kappa shape index (κ3) is 3.68. The van der Waals surface area contributed by atoms with Crippen LogP contribution in [0.3, 0.4) is 0 Å². The van der Waals surface area contributed by atoms with Crippen LogP contribution in [0.1, 0.15) is 51.7 Å². The number of rotatable bonds is 2. The summed E-state index contributed by atoms with van der Waals surface area (Å²) in [5.41, 5.74) is 12.2. The van der Waals surface area contributed by atoms with Gasteiger partial charge in [-0.2, -0.15) is 0 Å². The van der Waals surface area contributed by atoms with Gasteiger partial charge in [0.05, 0.1) is 22.1 Å². The van der Waals surface area contributed by atoms with Gasteiger partial charge in [0.2, 0.25) is 0 Å². The van der Waals surface area contributed by atoms with E-state index in [0.29, 0.717) is 0 Å². The van der Waals surface area contributed by atoms with E-state index in [-0.39, 0.29) is 10.8 Å². The molecule has 0 amide bonds. The van der Waals surface area contributed by atoms with Crippen molar-refractivity contribution in [1.82, 2.24) is 9.13 Å². The number of aromatic nitrogens is 2. The Balaban J connectivity index is 1.38. The van der Waals surface area contributed by atoms with E-state index >= 15 is 0 Å². The highest BCUT2D eigenvalue weighted by molar-refractivity contribution is 6.19. The van der Waals surface area contributed by atoms with Crippen LogP contribution < -0.4 is 0 Å². The number of hydrogen-bond donors (Lipinski definition) is 0. The molecule has 228 valence electrons. The van der Waals surface area contributed by atoms with E-state index in [0.717, 1.165) is 27.6 Å². The van der Waals surface area contributed by atoms with Gasteiger partial charge >= 0.3 is 0 Å². The van der Waals surface area contributed by atoms with E-state index < -0.39 is 0 Å². The quantitative estimate of drug-likeness (QED) is 0.191. The third-order valence-electron chi connectivity index (χ3n) is 11.2. The van der Waals surface area contributed by atoms with Crippen molar-refractivity contribution >= 4 is 65.6 Å². The van der Waals surface area contributed by atoms with Crippen molar-refractivity contribution in [2.45, 2.75) is 51.4 Å². The van der Waals surface area contributed by atoms with Crippen LogP contribution >= 0.6 is 0 Å². The van der Waals surface area contributed by atoms with Gasteiger partial charge < -0.3 is 13.6 Å². The highest BCUT2D eigenvalue weighted by Crippen LogP contribution is 2.49. The van der Waals surface area contributed by atoms with Crippen LogP contribution in [0.15, 0.2) is 126 Å². The van der Waals surface area contributed by atoms with Gasteiger partial charge in [-0.15, -0.1) is 0 Å². The van der Waals surface area contributed by atoms with E-state index in [4.69, 9.17) is 4.42 Å². The lowest BCUT2D eigenvalue weighted by Crippen LogP contribution is -2.33. The first kappa shape index (κ1) is 26.9. The molecule has 0 unspecified atom stereocenters. The summed E-state index contributed by atoms with van der Waals surface area (Å²) in [5, 5.41) is 7.46. The Hall–Kier alpha value is -5.28. The molecule has 1 aliphatic carbocycles. The summed E-state index contributed by atoms with van der Waals surface area (Å²) >= 11 is 0. The molecule has 0 fully saturated rings. The topological polar surface area (TPSA) is 23.0 Å². The predicted molar refractivity (Wildman–Crippen MR) is 198 cm³/mol. The van der Waals surface area contributed by atoms with Crippen LogP contribution in [0.25, 0.3) is 76.9 Å². The second-order valence-corrected chi connectivity index (χ2v) is 14.9. The van der Waals surface area contributed by atoms with Crippen LogP contribution in [0.2, 0.25) is 0 Å². The van der Waals surface area contributed by atoms with E-state index in [1.807, 2.05) is 6.07 Å². The molecule has 10 rings (SSSR count). The Morgan fingerprint density at radius 2 is 1.00 bits per heavy atom. The van der Waals surface area contributed by atoms with Gasteiger partial charge in [0.1, 0.15) is 11.2 Å². The average Bonchev–Trinajstić information content (AvgIpc) is 3.72. The van der Waals surface area contributed by atoms with Gasteiger partial charge in [0, 0.05) is 49.8 Å². The summed E-state index contributed by atoms with van der Waals surface area (Å²) in [7, 11) is 0. The highest BCUT2D eigenvalue weighted by atomic mass is 16.3. The van der Waals surface area contributed by atoms with Crippen LogP contribution in [-0.4, -0.2) is 9.13 Å². The molecule has 6 aromatic carbocycles. The molecule has 3 heterocycles. The molecule has 3 aromatic heterocycles. The summed E-state index contributed by atoms with van der Waals surface area (Å²) in [6.45, 7) is 9.69. The lowest BCUT2D eigenvalue weighted by atomic mass is 9.63. The second-order valence-electron chi connectivity index (χ2n) is 14.9. The molecular formula is C44H36N2O. The number of para-hydroxylation sites is 3. The summed E-state index contributed by atoms with van der Waals surface area (Å²) < 4.78 is 11.3. The number of hydrogen-bond acceptors (Lipinski definition) is 1. The molecule has 1 aliphatic rings. The fraction of sp³-hybridized carbons (Fsp3) is 0.182. The van der Waals surface area contributed by atoms with Gasteiger partial charge in [-0.05, 0) is 95.5 Å². The van der Waals surface area contributed by atoms with Crippen molar-refractivity contribution in [2.75, 3.05) is 0 Å². The number of nitrogens with zero attached hydrogens (tertiary/aromatic N) is 2. The molecule has 47 heavy (non-hydrogen) atoms. The Bertz CT molecular complexity index is 2730. The first-order valence-corrected chi connectivity index (χ1v) is 16.8. The molecule has 0 radical (unpaired) electrons. The molecular weight excluding hydrogens is 572 g/mol. The maximum Gasteiger partial charge on any atom is 0.137 e. The largest absolute Gasteiger partial charge is 0.456 e. The SMILES string of the molecule is CC1(C)CCC(C)(C)c2cc3c(cc21)c1cc2c4ccccc4n(-c4ccccc4)c2cc1n3-c1ccc2c(c1)oc1ccccc12. The normalized spacial score (nSPS) is 15.8. The summed E-state index contributed by atoms with van der Waals surface area (Å²) in [6, 6.07) is 44.6. The summed E-state index contributed by atoms with van der Waals surface area (Å²) in [6.07, 6.45) is 2.37. The van der Waals surface area contributed by atoms with Crippen LogP contribution in [0.4, 0.5) is 0 Å². The van der Waals surface area contributed by atoms with E-state index in [1.165, 1.54) is 73.3 Å². The molecule has 0 bridgehead atoms. The van der Waals surface area contributed by atoms with E-state index in [2.05, 4.69) is 152 Å². The first-order valence-electron chi connectivity index (χ1n) is 16.8. The molecule has 0 atom stereocenters. The molecule has 3 nitrogen and oxygen atoms in total. The molecule has 0 N–H and O–H groups in total. The molecule has 0 saturated carbocycles. The third-order valence-corrected chi connectivity index (χ3v) is 11.2. The maximum atomic E-state index is 6.44. The minimum atomic E-state index is 0.105. The zero-order chi connectivity index (χ0) is 31.7. The fourth-order valence-corrected chi connectivity index (χ4v) is 8.52. The van der Waals surface area contributed by atoms with Crippen molar-refractivity contribution in [3.63, 3.8) is 0 Å². The van der Waals surface area contributed by atoms with Crippen molar-refractivity contribution < 1.29 is 4.42 Å². The van der Waals surface area contributed by atoms with Crippen LogP contribution in [0.5, 0.6) is 0 Å². The van der Waals surface area contributed by atoms with Crippen molar-refractivity contribution in [3.8, 4) is 11.4 Å². The Kier molecular flexibility index (Phi) is 5.24. The van der Waals surface area contributed by atoms with Crippen molar-refractivity contribution in [3.05, 3.63) is 132 Å². The standard InChI is InChI=1S/C44H36N2O/c1-43(2)20-21-44(3,4)36-25-38-34(24-35(36)43)33-23-32-29-14-8-10-16-37(29)45(27-12-6-5-7-13-27)39(32)26-40(33)46(38)28-18-19-31-30-15-9-11-17-41(30)47-42(31)22-28/h5-19,22-26H,20-21H2,1-4H3. The van der Waals surface area contributed by atoms with Crippen molar-refractivity contribution in [2.24, 2.45) is 0 Å². The molecule has 9 aromatic rings.